The van der Waals surface area contributed by atoms with E-state index in [1.54, 1.807) is 0 Å². The highest BCUT2D eigenvalue weighted by molar-refractivity contribution is 4.96. The predicted molar refractivity (Wildman–Crippen MR) is 64.3 cm³/mol. The average molecular weight is 222 g/mol. The number of hydrogen-bond acceptors (Lipinski definition) is 3. The maximum atomic E-state index is 5.76. The maximum Gasteiger partial charge on any atom is 0.194 e. The molecule has 2 rings (SSSR count). The fraction of sp³-hybridized carbons (Fsp3) is 0.769. The number of hydrogen-bond donors (Lipinski definition) is 1. The van der Waals surface area contributed by atoms with Crippen molar-refractivity contribution in [3.05, 3.63) is 17.8 Å². The first-order valence-electron chi connectivity index (χ1n) is 6.38. The van der Waals surface area contributed by atoms with Gasteiger partial charge in [-0.2, -0.15) is 0 Å². The van der Waals surface area contributed by atoms with E-state index in [-0.39, 0.29) is 0 Å². The zero-order chi connectivity index (χ0) is 11.4. The summed E-state index contributed by atoms with van der Waals surface area (Å²) in [6, 6.07) is 0. The molecule has 90 valence electrons. The van der Waals surface area contributed by atoms with E-state index in [9.17, 15) is 0 Å². The minimum absolute atomic E-state index is 0.636. The fourth-order valence-electron chi connectivity index (χ4n) is 2.28. The number of rotatable bonds is 4. The normalized spacial score (nSPS) is 21.6. The second-order valence-corrected chi connectivity index (χ2v) is 5.23. The van der Waals surface area contributed by atoms with Crippen LogP contribution in [0.1, 0.15) is 38.3 Å². The highest BCUT2D eigenvalue weighted by Gasteiger charge is 2.16. The molecule has 1 unspecified atom stereocenters. The minimum atomic E-state index is 0.636. The minimum Gasteiger partial charge on any atom is -0.446 e. The lowest BCUT2D eigenvalue weighted by Crippen LogP contribution is -2.30. The van der Waals surface area contributed by atoms with Crippen molar-refractivity contribution >= 4 is 0 Å². The Bertz CT molecular complexity index is 313. The summed E-state index contributed by atoms with van der Waals surface area (Å²) >= 11 is 0. The second kappa shape index (κ2) is 5.48. The van der Waals surface area contributed by atoms with Gasteiger partial charge in [-0.05, 0) is 37.8 Å². The first kappa shape index (κ1) is 11.6. The molecule has 3 heteroatoms. The lowest BCUT2D eigenvalue weighted by atomic mass is 9.96. The van der Waals surface area contributed by atoms with Crippen LogP contribution < -0.4 is 5.32 Å². The van der Waals surface area contributed by atoms with Crippen LogP contribution in [0.15, 0.2) is 10.6 Å². The molecule has 1 aromatic rings. The van der Waals surface area contributed by atoms with Crippen molar-refractivity contribution in [2.24, 2.45) is 11.8 Å². The largest absolute Gasteiger partial charge is 0.446 e. The number of nitrogens with zero attached hydrogens (tertiary/aromatic N) is 1. The van der Waals surface area contributed by atoms with Gasteiger partial charge in [0.25, 0.3) is 0 Å². The predicted octanol–water partition coefficient (Wildman–Crippen LogP) is 2.42. The SMILES string of the molecule is CC(C)Cc1cnc(CC2CCCNC2)o1. The lowest BCUT2D eigenvalue weighted by molar-refractivity contribution is 0.337. The van der Waals surface area contributed by atoms with E-state index in [1.807, 2.05) is 6.20 Å². The summed E-state index contributed by atoms with van der Waals surface area (Å²) in [5.74, 6) is 3.30. The molecule has 0 aromatic carbocycles. The van der Waals surface area contributed by atoms with E-state index in [0.717, 1.165) is 31.0 Å². The van der Waals surface area contributed by atoms with Crippen molar-refractivity contribution in [2.45, 2.75) is 39.5 Å². The first-order valence-corrected chi connectivity index (χ1v) is 6.38. The first-order chi connectivity index (χ1) is 7.74. The molecule has 0 saturated carbocycles. The standard InChI is InChI=1S/C13H22N2O/c1-10(2)6-12-9-15-13(16-12)7-11-4-3-5-14-8-11/h9-11,14H,3-8H2,1-2H3. The topological polar surface area (TPSA) is 38.1 Å². The Morgan fingerprint density at radius 1 is 1.56 bits per heavy atom. The highest BCUT2D eigenvalue weighted by Crippen LogP contribution is 2.17. The lowest BCUT2D eigenvalue weighted by Gasteiger charge is -2.21. The van der Waals surface area contributed by atoms with E-state index in [1.165, 1.54) is 19.4 Å². The van der Waals surface area contributed by atoms with Crippen LogP contribution in [0.5, 0.6) is 0 Å². The molecule has 0 spiro atoms. The third-order valence-electron chi connectivity index (χ3n) is 3.07. The van der Waals surface area contributed by atoms with E-state index in [4.69, 9.17) is 4.42 Å². The molecule has 0 bridgehead atoms. The Kier molecular flexibility index (Phi) is 3.99. The van der Waals surface area contributed by atoms with Gasteiger partial charge < -0.3 is 9.73 Å². The van der Waals surface area contributed by atoms with Crippen LogP contribution in [0.3, 0.4) is 0 Å². The molecule has 1 atom stereocenters. The van der Waals surface area contributed by atoms with Crippen molar-refractivity contribution in [3.63, 3.8) is 0 Å². The van der Waals surface area contributed by atoms with Crippen LogP contribution in [0.2, 0.25) is 0 Å². The maximum absolute atomic E-state index is 5.76. The Balaban J connectivity index is 1.86. The number of aromatic nitrogens is 1. The number of piperidine rings is 1. The monoisotopic (exact) mass is 222 g/mol. The van der Waals surface area contributed by atoms with Crippen molar-refractivity contribution < 1.29 is 4.42 Å². The molecule has 16 heavy (non-hydrogen) atoms. The van der Waals surface area contributed by atoms with Gasteiger partial charge in [0.15, 0.2) is 5.89 Å². The summed E-state index contributed by atoms with van der Waals surface area (Å²) in [6.07, 6.45) is 6.46. The second-order valence-electron chi connectivity index (χ2n) is 5.23. The molecule has 1 N–H and O–H groups in total. The Morgan fingerprint density at radius 3 is 3.12 bits per heavy atom. The highest BCUT2D eigenvalue weighted by atomic mass is 16.4. The zero-order valence-corrected chi connectivity index (χ0v) is 10.3. The fourth-order valence-corrected chi connectivity index (χ4v) is 2.28. The van der Waals surface area contributed by atoms with E-state index in [2.05, 4.69) is 24.1 Å². The molecule has 0 aliphatic carbocycles. The van der Waals surface area contributed by atoms with Crippen LogP contribution in [0.4, 0.5) is 0 Å². The van der Waals surface area contributed by atoms with Gasteiger partial charge in [0.2, 0.25) is 0 Å². The molecule has 3 nitrogen and oxygen atoms in total. The van der Waals surface area contributed by atoms with Gasteiger partial charge in [-0.25, -0.2) is 4.98 Å². The van der Waals surface area contributed by atoms with E-state index < -0.39 is 0 Å². The van der Waals surface area contributed by atoms with Crippen LogP contribution >= 0.6 is 0 Å². The van der Waals surface area contributed by atoms with Gasteiger partial charge >= 0.3 is 0 Å². The average Bonchev–Trinajstić information content (AvgIpc) is 2.66. The number of oxazole rings is 1. The molecule has 2 heterocycles. The third-order valence-corrected chi connectivity index (χ3v) is 3.07. The van der Waals surface area contributed by atoms with Gasteiger partial charge in [0, 0.05) is 12.8 Å². The molecule has 1 aromatic heterocycles. The molecule has 1 saturated heterocycles. The van der Waals surface area contributed by atoms with Crippen molar-refractivity contribution in [2.75, 3.05) is 13.1 Å². The zero-order valence-electron chi connectivity index (χ0n) is 10.3. The summed E-state index contributed by atoms with van der Waals surface area (Å²) in [4.78, 5) is 4.37. The van der Waals surface area contributed by atoms with Gasteiger partial charge in [0.1, 0.15) is 5.76 Å². The summed E-state index contributed by atoms with van der Waals surface area (Å²) < 4.78 is 5.76. The molecule has 1 aliphatic heterocycles. The molecule has 1 aliphatic rings. The molecule has 1 fully saturated rings. The molecular formula is C13H22N2O. The number of nitrogens with one attached hydrogen (secondary N) is 1. The molecule has 0 radical (unpaired) electrons. The summed E-state index contributed by atoms with van der Waals surface area (Å²) in [7, 11) is 0. The van der Waals surface area contributed by atoms with Crippen LogP contribution in [-0.4, -0.2) is 18.1 Å². The Hall–Kier alpha value is -0.830. The van der Waals surface area contributed by atoms with Crippen LogP contribution in [-0.2, 0) is 12.8 Å². The Morgan fingerprint density at radius 2 is 2.44 bits per heavy atom. The van der Waals surface area contributed by atoms with E-state index >= 15 is 0 Å². The van der Waals surface area contributed by atoms with Crippen LogP contribution in [0.25, 0.3) is 0 Å². The van der Waals surface area contributed by atoms with Gasteiger partial charge in [-0.15, -0.1) is 0 Å². The van der Waals surface area contributed by atoms with Gasteiger partial charge in [-0.1, -0.05) is 13.8 Å². The Labute approximate surface area is 97.6 Å². The molecule has 0 amide bonds. The quantitative estimate of drug-likeness (QED) is 0.850. The third kappa shape index (κ3) is 3.34. The van der Waals surface area contributed by atoms with Crippen molar-refractivity contribution in [1.82, 2.24) is 10.3 Å². The summed E-state index contributed by atoms with van der Waals surface area (Å²) in [5.41, 5.74) is 0. The van der Waals surface area contributed by atoms with E-state index in [0.29, 0.717) is 11.8 Å². The molecular weight excluding hydrogens is 200 g/mol. The summed E-state index contributed by atoms with van der Waals surface area (Å²) in [5, 5.41) is 3.42. The van der Waals surface area contributed by atoms with Crippen molar-refractivity contribution in [3.8, 4) is 0 Å². The van der Waals surface area contributed by atoms with Gasteiger partial charge in [0.05, 0.1) is 6.20 Å². The van der Waals surface area contributed by atoms with Crippen molar-refractivity contribution in [1.29, 1.82) is 0 Å². The van der Waals surface area contributed by atoms with Crippen LogP contribution in [0, 0.1) is 11.8 Å². The van der Waals surface area contributed by atoms with Gasteiger partial charge in [-0.3, -0.25) is 0 Å². The smallest absolute Gasteiger partial charge is 0.194 e. The summed E-state index contributed by atoms with van der Waals surface area (Å²) in [6.45, 7) is 6.68.